The van der Waals surface area contributed by atoms with Crippen LogP contribution in [0.2, 0.25) is 0 Å². The average Bonchev–Trinajstić information content (AvgIpc) is 3.22. The van der Waals surface area contributed by atoms with Gasteiger partial charge in [-0.2, -0.15) is 0 Å². The Morgan fingerprint density at radius 1 is 1.06 bits per heavy atom. The van der Waals surface area contributed by atoms with Gasteiger partial charge in [0.1, 0.15) is 0 Å². The highest BCUT2D eigenvalue weighted by molar-refractivity contribution is 7.99. The highest BCUT2D eigenvalue weighted by Gasteiger charge is 2.19. The summed E-state index contributed by atoms with van der Waals surface area (Å²) < 4.78 is 1.91. The van der Waals surface area contributed by atoms with Gasteiger partial charge in [0.2, 0.25) is 5.91 Å². The van der Waals surface area contributed by atoms with Gasteiger partial charge in [-0.05, 0) is 49.7 Å². The van der Waals surface area contributed by atoms with Crippen LogP contribution in [0.4, 0.5) is 5.69 Å². The SMILES string of the molecule is Cc1ccc(-n2c(SCC(=O)Nc3ccccc3C(=O)O)nnc2-c2cccnc2)c(C)c1. The Bertz CT molecular complexity index is 1320. The van der Waals surface area contributed by atoms with Crippen molar-refractivity contribution < 1.29 is 14.7 Å². The number of carboxylic acids is 1. The van der Waals surface area contributed by atoms with Crippen molar-refractivity contribution in [2.45, 2.75) is 19.0 Å². The third-order valence-corrected chi connectivity index (χ3v) is 5.84. The smallest absolute Gasteiger partial charge is 0.337 e. The zero-order valence-corrected chi connectivity index (χ0v) is 18.8. The lowest BCUT2D eigenvalue weighted by molar-refractivity contribution is -0.113. The van der Waals surface area contributed by atoms with E-state index in [4.69, 9.17) is 0 Å². The first kappa shape index (κ1) is 22.2. The topological polar surface area (TPSA) is 110 Å². The molecule has 0 aliphatic heterocycles. The number of anilines is 1. The van der Waals surface area contributed by atoms with Crippen LogP contribution in [0.5, 0.6) is 0 Å². The van der Waals surface area contributed by atoms with E-state index in [1.807, 2.05) is 42.7 Å². The van der Waals surface area contributed by atoms with Gasteiger partial charge in [0, 0.05) is 18.0 Å². The minimum absolute atomic E-state index is 0.0318. The van der Waals surface area contributed by atoms with Crippen LogP contribution in [-0.2, 0) is 4.79 Å². The number of aromatic nitrogens is 4. The second kappa shape index (κ2) is 9.66. The fourth-order valence-electron chi connectivity index (χ4n) is 3.41. The Kier molecular flexibility index (Phi) is 6.50. The summed E-state index contributed by atoms with van der Waals surface area (Å²) in [5, 5.41) is 21.2. The molecule has 2 heterocycles. The summed E-state index contributed by atoms with van der Waals surface area (Å²) in [5.41, 5.74) is 4.18. The molecule has 4 rings (SSSR count). The summed E-state index contributed by atoms with van der Waals surface area (Å²) in [6.07, 6.45) is 3.41. The number of aryl methyl sites for hydroxylation is 2. The lowest BCUT2D eigenvalue weighted by Gasteiger charge is -2.13. The zero-order valence-electron chi connectivity index (χ0n) is 18.0. The molecule has 0 spiro atoms. The predicted molar refractivity (Wildman–Crippen MR) is 127 cm³/mol. The highest BCUT2D eigenvalue weighted by atomic mass is 32.2. The van der Waals surface area contributed by atoms with E-state index >= 15 is 0 Å². The number of nitrogens with zero attached hydrogens (tertiary/aromatic N) is 4. The number of carbonyl (C=O) groups is 2. The van der Waals surface area contributed by atoms with Gasteiger partial charge in [0.05, 0.1) is 22.7 Å². The lowest BCUT2D eigenvalue weighted by atomic mass is 10.1. The minimum atomic E-state index is -1.10. The van der Waals surface area contributed by atoms with Crippen LogP contribution >= 0.6 is 11.8 Å². The molecule has 33 heavy (non-hydrogen) atoms. The number of thioether (sulfide) groups is 1. The molecule has 8 nitrogen and oxygen atoms in total. The third-order valence-electron chi connectivity index (χ3n) is 4.91. The molecule has 0 saturated heterocycles. The molecule has 0 aliphatic rings. The van der Waals surface area contributed by atoms with E-state index in [0.717, 1.165) is 22.4 Å². The fraction of sp³-hybridized carbons (Fsp3) is 0.125. The molecule has 2 aromatic carbocycles. The monoisotopic (exact) mass is 459 g/mol. The van der Waals surface area contributed by atoms with Gasteiger partial charge in [-0.1, -0.05) is 41.6 Å². The summed E-state index contributed by atoms with van der Waals surface area (Å²) in [5.74, 6) is -0.792. The number of aromatic carboxylic acids is 1. The van der Waals surface area contributed by atoms with Gasteiger partial charge in [-0.3, -0.25) is 14.3 Å². The number of pyridine rings is 1. The zero-order chi connectivity index (χ0) is 23.4. The van der Waals surface area contributed by atoms with Crippen LogP contribution in [0.25, 0.3) is 17.1 Å². The van der Waals surface area contributed by atoms with Crippen LogP contribution in [0.1, 0.15) is 21.5 Å². The van der Waals surface area contributed by atoms with E-state index in [1.165, 1.54) is 17.8 Å². The van der Waals surface area contributed by atoms with E-state index in [1.54, 1.807) is 30.6 Å². The molecule has 0 aliphatic carbocycles. The Balaban J connectivity index is 1.63. The van der Waals surface area contributed by atoms with Crippen molar-refractivity contribution in [2.24, 2.45) is 0 Å². The molecule has 2 N–H and O–H groups in total. The van der Waals surface area contributed by atoms with Crippen molar-refractivity contribution in [3.63, 3.8) is 0 Å². The van der Waals surface area contributed by atoms with Gasteiger partial charge in [0.15, 0.2) is 11.0 Å². The maximum atomic E-state index is 12.6. The molecular formula is C24H21N5O3S. The number of hydrogen-bond acceptors (Lipinski definition) is 6. The fourth-order valence-corrected chi connectivity index (χ4v) is 4.16. The summed E-state index contributed by atoms with van der Waals surface area (Å²) in [7, 11) is 0. The maximum Gasteiger partial charge on any atom is 0.337 e. The van der Waals surface area contributed by atoms with Gasteiger partial charge in [-0.15, -0.1) is 10.2 Å². The van der Waals surface area contributed by atoms with Gasteiger partial charge in [0.25, 0.3) is 0 Å². The van der Waals surface area contributed by atoms with Crippen molar-refractivity contribution in [3.05, 3.63) is 83.7 Å². The number of carbonyl (C=O) groups excluding carboxylic acids is 1. The van der Waals surface area contributed by atoms with Crippen molar-refractivity contribution in [2.75, 3.05) is 11.1 Å². The number of carboxylic acid groups (broad SMARTS) is 1. The first-order chi connectivity index (χ1) is 15.9. The van der Waals surface area contributed by atoms with Crippen LogP contribution in [0, 0.1) is 13.8 Å². The van der Waals surface area contributed by atoms with E-state index in [-0.39, 0.29) is 22.9 Å². The minimum Gasteiger partial charge on any atom is -0.478 e. The summed E-state index contributed by atoms with van der Waals surface area (Å²) >= 11 is 1.22. The third kappa shape index (κ3) is 4.93. The normalized spacial score (nSPS) is 10.7. The molecule has 0 atom stereocenters. The van der Waals surface area contributed by atoms with E-state index < -0.39 is 5.97 Å². The van der Waals surface area contributed by atoms with Crippen molar-refractivity contribution in [1.82, 2.24) is 19.7 Å². The molecule has 0 bridgehead atoms. The molecular weight excluding hydrogens is 438 g/mol. The second-order valence-electron chi connectivity index (χ2n) is 7.36. The van der Waals surface area contributed by atoms with E-state index in [9.17, 15) is 14.7 Å². The quantitative estimate of drug-likeness (QED) is 0.395. The van der Waals surface area contributed by atoms with Crippen LogP contribution in [0.15, 0.2) is 72.1 Å². The van der Waals surface area contributed by atoms with Gasteiger partial charge < -0.3 is 10.4 Å². The number of rotatable bonds is 7. The van der Waals surface area contributed by atoms with Crippen molar-refractivity contribution in [3.8, 4) is 17.1 Å². The lowest BCUT2D eigenvalue weighted by Crippen LogP contribution is -2.17. The first-order valence-electron chi connectivity index (χ1n) is 10.1. The Hall–Kier alpha value is -3.98. The molecule has 0 saturated carbocycles. The van der Waals surface area contributed by atoms with Gasteiger partial charge in [-0.25, -0.2) is 4.79 Å². The van der Waals surface area contributed by atoms with Crippen molar-refractivity contribution in [1.29, 1.82) is 0 Å². The first-order valence-corrected chi connectivity index (χ1v) is 11.1. The van der Waals surface area contributed by atoms with Crippen LogP contribution in [-0.4, -0.2) is 42.5 Å². The average molecular weight is 460 g/mol. The van der Waals surface area contributed by atoms with E-state index in [0.29, 0.717) is 11.0 Å². The highest BCUT2D eigenvalue weighted by Crippen LogP contribution is 2.29. The van der Waals surface area contributed by atoms with E-state index in [2.05, 4.69) is 26.6 Å². The van der Waals surface area contributed by atoms with Gasteiger partial charge >= 0.3 is 5.97 Å². The summed E-state index contributed by atoms with van der Waals surface area (Å²) in [4.78, 5) is 28.2. The number of para-hydroxylation sites is 1. The summed E-state index contributed by atoms with van der Waals surface area (Å²) in [6, 6.07) is 16.1. The predicted octanol–water partition coefficient (Wildman–Crippen LogP) is 4.38. The molecule has 1 amide bonds. The Morgan fingerprint density at radius 2 is 1.88 bits per heavy atom. The number of hydrogen-bond donors (Lipinski definition) is 2. The second-order valence-corrected chi connectivity index (χ2v) is 8.30. The Morgan fingerprint density at radius 3 is 2.61 bits per heavy atom. The molecule has 2 aromatic heterocycles. The standard InChI is InChI=1S/C24H21N5O3S/c1-15-9-10-20(16(2)12-15)29-22(17-6-5-11-25-13-17)27-28-24(29)33-14-21(30)26-19-8-4-3-7-18(19)23(31)32/h3-13H,14H2,1-2H3,(H,26,30)(H,31,32). The number of nitrogens with one attached hydrogen (secondary N) is 1. The Labute approximate surface area is 194 Å². The maximum absolute atomic E-state index is 12.6. The number of amides is 1. The molecule has 166 valence electrons. The molecule has 4 aromatic rings. The van der Waals surface area contributed by atoms with Crippen LogP contribution in [0.3, 0.4) is 0 Å². The van der Waals surface area contributed by atoms with Crippen molar-refractivity contribution >= 4 is 29.3 Å². The summed E-state index contributed by atoms with van der Waals surface area (Å²) in [6.45, 7) is 4.04. The molecule has 0 fully saturated rings. The largest absolute Gasteiger partial charge is 0.478 e. The number of benzene rings is 2. The molecule has 0 radical (unpaired) electrons. The van der Waals surface area contributed by atoms with Crippen LogP contribution < -0.4 is 5.32 Å². The molecule has 9 heteroatoms. The molecule has 0 unspecified atom stereocenters.